The third kappa shape index (κ3) is 3.15. The summed E-state index contributed by atoms with van der Waals surface area (Å²) in [5, 5.41) is 0.135. The van der Waals surface area contributed by atoms with Crippen molar-refractivity contribution in [3.05, 3.63) is 28.8 Å². The van der Waals surface area contributed by atoms with E-state index >= 15 is 0 Å². The van der Waals surface area contributed by atoms with Crippen LogP contribution in [0.5, 0.6) is 0 Å². The number of nitrogens with zero attached hydrogens (tertiary/aromatic N) is 1. The Bertz CT molecular complexity index is 620. The fraction of sp³-hybridized carbons (Fsp3) is 0.400. The number of benzene rings is 1. The highest BCUT2D eigenvalue weighted by atomic mass is 35.5. The minimum absolute atomic E-state index is 0.0407. The maximum absolute atomic E-state index is 11.6. The molecule has 18 heavy (non-hydrogen) atoms. The summed E-state index contributed by atoms with van der Waals surface area (Å²) in [6, 6.07) is 4.65. The highest BCUT2D eigenvalue weighted by molar-refractivity contribution is 8.09. The molecule has 1 rings (SSSR count). The van der Waals surface area contributed by atoms with E-state index in [-0.39, 0.29) is 10.7 Å². The molecule has 0 aromatic heterocycles. The molecule has 102 valence electrons. The number of anilines is 1. The van der Waals surface area contributed by atoms with Gasteiger partial charge in [-0.1, -0.05) is 30.7 Å². The van der Waals surface area contributed by atoms with Crippen LogP contribution < -0.4 is 3.71 Å². The third-order valence-corrected chi connectivity index (χ3v) is 5.90. The van der Waals surface area contributed by atoms with Crippen molar-refractivity contribution in [2.45, 2.75) is 13.3 Å². The molecule has 0 aliphatic carbocycles. The summed E-state index contributed by atoms with van der Waals surface area (Å²) in [5.41, 5.74) is 0.646. The maximum atomic E-state index is 11.6. The van der Waals surface area contributed by atoms with Gasteiger partial charge in [-0.15, -0.1) is 0 Å². The average molecular weight is 312 g/mol. The van der Waals surface area contributed by atoms with Crippen LogP contribution in [-0.4, -0.2) is 29.3 Å². The smallest absolute Gasteiger partial charge is 0.206 e. The molecule has 0 atom stereocenters. The van der Waals surface area contributed by atoms with E-state index in [1.54, 1.807) is 12.1 Å². The summed E-state index contributed by atoms with van der Waals surface area (Å²) in [6.45, 7) is 1.84. The lowest BCUT2D eigenvalue weighted by Crippen LogP contribution is -2.35. The van der Waals surface area contributed by atoms with Gasteiger partial charge in [0.2, 0.25) is 20.0 Å². The molecule has 8 heteroatoms. The van der Waals surface area contributed by atoms with E-state index < -0.39 is 20.0 Å². The second kappa shape index (κ2) is 5.07. The van der Waals surface area contributed by atoms with Crippen LogP contribution in [0, 0.1) is 0 Å². The molecule has 1 aromatic carbocycles. The lowest BCUT2D eigenvalue weighted by Gasteiger charge is -2.21. The molecule has 0 spiro atoms. The predicted molar refractivity (Wildman–Crippen MR) is 73.0 cm³/mol. The van der Waals surface area contributed by atoms with Crippen molar-refractivity contribution in [2.75, 3.05) is 16.2 Å². The van der Waals surface area contributed by atoms with E-state index in [1.165, 1.54) is 6.07 Å². The molecule has 0 fully saturated rings. The van der Waals surface area contributed by atoms with Crippen LogP contribution in [0.15, 0.2) is 18.2 Å². The summed E-state index contributed by atoms with van der Waals surface area (Å²) in [4.78, 5) is 0. The molecular weight excluding hydrogens is 298 g/mol. The van der Waals surface area contributed by atoms with E-state index in [0.29, 0.717) is 15.7 Å². The molecule has 0 unspecified atom stereocenters. The van der Waals surface area contributed by atoms with Crippen LogP contribution in [0.1, 0.15) is 12.5 Å². The second-order valence-corrected chi connectivity index (χ2v) is 8.10. The van der Waals surface area contributed by atoms with Crippen LogP contribution in [0.4, 0.5) is 5.69 Å². The molecule has 0 heterocycles. The van der Waals surface area contributed by atoms with E-state index in [9.17, 15) is 16.8 Å². The fourth-order valence-corrected chi connectivity index (χ4v) is 5.01. The van der Waals surface area contributed by atoms with Crippen molar-refractivity contribution in [3.63, 3.8) is 0 Å². The van der Waals surface area contributed by atoms with E-state index in [4.69, 9.17) is 11.6 Å². The van der Waals surface area contributed by atoms with Gasteiger partial charge in [0.15, 0.2) is 0 Å². The summed E-state index contributed by atoms with van der Waals surface area (Å²) in [7, 11) is -7.92. The van der Waals surface area contributed by atoms with Gasteiger partial charge in [0.25, 0.3) is 0 Å². The minimum Gasteiger partial charge on any atom is -0.206 e. The highest BCUT2D eigenvalue weighted by Crippen LogP contribution is 2.32. The number of aryl methyl sites for hydroxylation is 1. The Morgan fingerprint density at radius 3 is 2.00 bits per heavy atom. The Balaban J connectivity index is 3.61. The summed E-state index contributed by atoms with van der Waals surface area (Å²) in [5.74, 6) is 0. The molecule has 0 amide bonds. The van der Waals surface area contributed by atoms with Gasteiger partial charge in [-0.2, -0.15) is 3.71 Å². The number of hydrogen-bond donors (Lipinski definition) is 0. The van der Waals surface area contributed by atoms with E-state index in [1.807, 2.05) is 6.92 Å². The average Bonchev–Trinajstić information content (AvgIpc) is 2.17. The summed E-state index contributed by atoms with van der Waals surface area (Å²) < 4.78 is 46.8. The topological polar surface area (TPSA) is 71.5 Å². The van der Waals surface area contributed by atoms with Gasteiger partial charge in [-0.25, -0.2) is 16.8 Å². The monoisotopic (exact) mass is 311 g/mol. The van der Waals surface area contributed by atoms with E-state index in [0.717, 1.165) is 12.5 Å². The fourth-order valence-electron chi connectivity index (χ4n) is 1.58. The SMILES string of the molecule is CCc1cccc(N(S(C)(=O)=O)S(C)(=O)=O)c1Cl. The molecule has 0 N–H and O–H groups in total. The van der Waals surface area contributed by atoms with Crippen molar-refractivity contribution < 1.29 is 16.8 Å². The molecular formula is C10H14ClNO4S2. The van der Waals surface area contributed by atoms with Gasteiger partial charge in [-0.3, -0.25) is 0 Å². The zero-order chi connectivity index (χ0) is 14.1. The minimum atomic E-state index is -3.96. The molecule has 0 bridgehead atoms. The van der Waals surface area contributed by atoms with Crippen molar-refractivity contribution in [1.29, 1.82) is 0 Å². The molecule has 0 radical (unpaired) electrons. The molecule has 0 aliphatic heterocycles. The zero-order valence-electron chi connectivity index (χ0n) is 10.2. The molecule has 5 nitrogen and oxygen atoms in total. The Hall–Kier alpha value is -0.790. The first-order valence-corrected chi connectivity index (χ1v) is 9.14. The van der Waals surface area contributed by atoms with Crippen molar-refractivity contribution in [3.8, 4) is 0 Å². The largest absolute Gasteiger partial charge is 0.245 e. The zero-order valence-corrected chi connectivity index (χ0v) is 12.6. The van der Waals surface area contributed by atoms with Gasteiger partial charge in [0.1, 0.15) is 0 Å². The standard InChI is InChI=1S/C10H14ClNO4S2/c1-4-8-6-5-7-9(10(8)11)12(17(2,13)14)18(3,15)16/h5-7H,4H2,1-3H3. The lowest BCUT2D eigenvalue weighted by atomic mass is 10.1. The van der Waals surface area contributed by atoms with E-state index in [2.05, 4.69) is 0 Å². The Kier molecular flexibility index (Phi) is 4.30. The van der Waals surface area contributed by atoms with Gasteiger partial charge >= 0.3 is 0 Å². The first kappa shape index (κ1) is 15.3. The first-order valence-electron chi connectivity index (χ1n) is 5.07. The van der Waals surface area contributed by atoms with Crippen molar-refractivity contribution in [2.24, 2.45) is 0 Å². The Labute approximate surface area is 112 Å². The molecule has 1 aromatic rings. The maximum Gasteiger partial charge on any atom is 0.245 e. The van der Waals surface area contributed by atoms with Gasteiger partial charge in [0, 0.05) is 0 Å². The van der Waals surface area contributed by atoms with Gasteiger partial charge < -0.3 is 0 Å². The second-order valence-electron chi connectivity index (χ2n) is 3.83. The number of hydrogen-bond acceptors (Lipinski definition) is 4. The van der Waals surface area contributed by atoms with Crippen molar-refractivity contribution in [1.82, 2.24) is 0 Å². The summed E-state index contributed by atoms with van der Waals surface area (Å²) in [6.07, 6.45) is 2.22. The first-order chi connectivity index (χ1) is 8.09. The van der Waals surface area contributed by atoms with Gasteiger partial charge in [-0.05, 0) is 18.1 Å². The van der Waals surface area contributed by atoms with Crippen LogP contribution in [-0.2, 0) is 26.5 Å². The molecule has 0 aliphatic rings. The van der Waals surface area contributed by atoms with Crippen LogP contribution in [0.25, 0.3) is 0 Å². The quantitative estimate of drug-likeness (QED) is 0.847. The number of halogens is 1. The Morgan fingerprint density at radius 1 is 1.11 bits per heavy atom. The van der Waals surface area contributed by atoms with Crippen LogP contribution in [0.3, 0.4) is 0 Å². The molecule has 0 saturated carbocycles. The predicted octanol–water partition coefficient (Wildman–Crippen LogP) is 1.63. The third-order valence-electron chi connectivity index (χ3n) is 2.24. The molecule has 0 saturated heterocycles. The summed E-state index contributed by atoms with van der Waals surface area (Å²) >= 11 is 6.05. The van der Waals surface area contributed by atoms with Crippen molar-refractivity contribution >= 4 is 37.3 Å². The van der Waals surface area contributed by atoms with Crippen LogP contribution in [0.2, 0.25) is 5.02 Å². The number of rotatable bonds is 4. The normalized spacial score (nSPS) is 12.4. The van der Waals surface area contributed by atoms with Crippen LogP contribution >= 0.6 is 11.6 Å². The highest BCUT2D eigenvalue weighted by Gasteiger charge is 2.29. The number of sulfonamides is 2. The van der Waals surface area contributed by atoms with Gasteiger partial charge in [0.05, 0.1) is 23.2 Å². The lowest BCUT2D eigenvalue weighted by molar-refractivity contribution is 0.590. The Morgan fingerprint density at radius 2 is 1.61 bits per heavy atom.